The molecule has 1 aromatic carbocycles. The van der Waals surface area contributed by atoms with E-state index in [9.17, 15) is 4.39 Å². The molecule has 2 atom stereocenters. The molecule has 0 aliphatic carbocycles. The molecule has 0 saturated heterocycles. The van der Waals surface area contributed by atoms with E-state index in [4.69, 9.17) is 0 Å². The van der Waals surface area contributed by atoms with E-state index in [0.717, 1.165) is 23.0 Å². The zero-order valence-corrected chi connectivity index (χ0v) is 11.6. The van der Waals surface area contributed by atoms with Crippen molar-refractivity contribution in [3.05, 3.63) is 34.1 Å². The van der Waals surface area contributed by atoms with Gasteiger partial charge in [-0.05, 0) is 43.5 Å². The van der Waals surface area contributed by atoms with Crippen molar-refractivity contribution in [2.24, 2.45) is 5.92 Å². The molecular formula is C13H19BrFN. The summed E-state index contributed by atoms with van der Waals surface area (Å²) in [6, 6.07) is 5.69. The molecule has 90 valence electrons. The van der Waals surface area contributed by atoms with Crippen molar-refractivity contribution in [3.63, 3.8) is 0 Å². The van der Waals surface area contributed by atoms with E-state index >= 15 is 0 Å². The van der Waals surface area contributed by atoms with Gasteiger partial charge in [-0.3, -0.25) is 0 Å². The fourth-order valence-corrected chi connectivity index (χ4v) is 2.07. The average molecular weight is 288 g/mol. The molecule has 0 fully saturated rings. The summed E-state index contributed by atoms with van der Waals surface area (Å²) in [5, 5.41) is 3.36. The zero-order chi connectivity index (χ0) is 12.1. The molecule has 0 bridgehead atoms. The van der Waals surface area contributed by atoms with Gasteiger partial charge in [0.05, 0.1) is 0 Å². The Labute approximate surface area is 106 Å². The lowest BCUT2D eigenvalue weighted by molar-refractivity contribution is 0.401. The third-order valence-corrected chi connectivity index (χ3v) is 3.43. The average Bonchev–Trinajstić information content (AvgIpc) is 2.22. The molecule has 0 spiro atoms. The van der Waals surface area contributed by atoms with Crippen LogP contribution in [0.15, 0.2) is 22.7 Å². The van der Waals surface area contributed by atoms with E-state index in [1.54, 1.807) is 0 Å². The van der Waals surface area contributed by atoms with Gasteiger partial charge in [-0.1, -0.05) is 35.8 Å². The Kier molecular flexibility index (Phi) is 5.42. The van der Waals surface area contributed by atoms with Crippen LogP contribution < -0.4 is 5.32 Å². The smallest absolute Gasteiger partial charge is 0.127 e. The Morgan fingerprint density at radius 3 is 2.62 bits per heavy atom. The summed E-state index contributed by atoms with van der Waals surface area (Å²) in [7, 11) is 0. The second-order valence-electron chi connectivity index (χ2n) is 4.26. The first-order chi connectivity index (χ1) is 7.54. The van der Waals surface area contributed by atoms with Crippen LogP contribution in [0.4, 0.5) is 4.39 Å². The highest BCUT2D eigenvalue weighted by Crippen LogP contribution is 2.19. The van der Waals surface area contributed by atoms with Gasteiger partial charge in [0.1, 0.15) is 5.82 Å². The quantitative estimate of drug-likeness (QED) is 0.869. The van der Waals surface area contributed by atoms with Crippen molar-refractivity contribution < 1.29 is 4.39 Å². The second-order valence-corrected chi connectivity index (χ2v) is 5.18. The summed E-state index contributed by atoms with van der Waals surface area (Å²) in [6.07, 6.45) is 0.771. The fraction of sp³-hybridized carbons (Fsp3) is 0.538. The van der Waals surface area contributed by atoms with E-state index in [2.05, 4.69) is 42.0 Å². The summed E-state index contributed by atoms with van der Waals surface area (Å²) in [5.74, 6) is 0.306. The largest absolute Gasteiger partial charge is 0.314 e. The minimum Gasteiger partial charge on any atom is -0.314 e. The molecule has 0 saturated carbocycles. The number of nitrogens with one attached hydrogen (secondary N) is 1. The lowest BCUT2D eigenvalue weighted by Gasteiger charge is -2.20. The Hall–Kier alpha value is -0.410. The highest BCUT2D eigenvalue weighted by Gasteiger charge is 2.13. The molecule has 0 radical (unpaired) electrons. The van der Waals surface area contributed by atoms with Gasteiger partial charge in [-0.15, -0.1) is 0 Å². The highest BCUT2D eigenvalue weighted by molar-refractivity contribution is 9.10. The molecule has 0 aliphatic rings. The molecule has 0 amide bonds. The topological polar surface area (TPSA) is 12.0 Å². The van der Waals surface area contributed by atoms with Gasteiger partial charge in [-0.2, -0.15) is 0 Å². The minimum absolute atomic E-state index is 0.120. The number of hydrogen-bond donors (Lipinski definition) is 1. The van der Waals surface area contributed by atoms with E-state index in [1.807, 2.05) is 12.1 Å². The van der Waals surface area contributed by atoms with Crippen LogP contribution in [-0.4, -0.2) is 12.6 Å². The maximum atomic E-state index is 13.6. The van der Waals surface area contributed by atoms with E-state index in [-0.39, 0.29) is 5.82 Å². The summed E-state index contributed by atoms with van der Waals surface area (Å²) in [4.78, 5) is 0. The molecule has 16 heavy (non-hydrogen) atoms. The lowest BCUT2D eigenvalue weighted by atomic mass is 9.94. The van der Waals surface area contributed by atoms with Crippen molar-refractivity contribution in [3.8, 4) is 0 Å². The fourth-order valence-electron chi connectivity index (χ4n) is 1.73. The third-order valence-electron chi connectivity index (χ3n) is 2.94. The van der Waals surface area contributed by atoms with Crippen LogP contribution in [0.3, 0.4) is 0 Å². The predicted molar refractivity (Wildman–Crippen MR) is 70.1 cm³/mol. The second kappa shape index (κ2) is 6.36. The van der Waals surface area contributed by atoms with Gasteiger partial charge in [0.2, 0.25) is 0 Å². The first-order valence-corrected chi connectivity index (χ1v) is 6.51. The van der Waals surface area contributed by atoms with Crippen LogP contribution in [0.1, 0.15) is 26.3 Å². The van der Waals surface area contributed by atoms with Gasteiger partial charge in [0.25, 0.3) is 0 Å². The van der Waals surface area contributed by atoms with Crippen molar-refractivity contribution >= 4 is 15.9 Å². The van der Waals surface area contributed by atoms with E-state index < -0.39 is 0 Å². The lowest BCUT2D eigenvalue weighted by Crippen LogP contribution is -2.33. The van der Waals surface area contributed by atoms with Crippen LogP contribution in [0.2, 0.25) is 0 Å². The summed E-state index contributed by atoms with van der Waals surface area (Å²) in [6.45, 7) is 7.33. The Balaban J connectivity index is 2.65. The van der Waals surface area contributed by atoms with Gasteiger partial charge in [-0.25, -0.2) is 4.39 Å². The SMILES string of the molecule is CCNC(C)C(C)Cc1ccc(Br)cc1F. The molecule has 0 heterocycles. The zero-order valence-electron chi connectivity index (χ0n) is 10.1. The van der Waals surface area contributed by atoms with Gasteiger partial charge in [0, 0.05) is 10.5 Å². The predicted octanol–water partition coefficient (Wildman–Crippen LogP) is 3.76. The Morgan fingerprint density at radius 2 is 2.06 bits per heavy atom. The monoisotopic (exact) mass is 287 g/mol. The molecule has 1 nitrogen and oxygen atoms in total. The van der Waals surface area contributed by atoms with Crippen molar-refractivity contribution in [2.75, 3.05) is 6.54 Å². The molecule has 1 N–H and O–H groups in total. The van der Waals surface area contributed by atoms with E-state index in [1.165, 1.54) is 6.07 Å². The molecule has 2 unspecified atom stereocenters. The van der Waals surface area contributed by atoms with Crippen LogP contribution in [0.5, 0.6) is 0 Å². The maximum Gasteiger partial charge on any atom is 0.127 e. The van der Waals surface area contributed by atoms with Crippen molar-refractivity contribution in [1.82, 2.24) is 5.32 Å². The maximum absolute atomic E-state index is 13.6. The number of benzene rings is 1. The molecule has 3 heteroatoms. The molecule has 1 rings (SSSR count). The van der Waals surface area contributed by atoms with Gasteiger partial charge >= 0.3 is 0 Å². The first kappa shape index (κ1) is 13.7. The van der Waals surface area contributed by atoms with E-state index in [0.29, 0.717) is 12.0 Å². The highest BCUT2D eigenvalue weighted by atomic mass is 79.9. The molecular weight excluding hydrogens is 269 g/mol. The Morgan fingerprint density at radius 1 is 1.38 bits per heavy atom. The molecule has 1 aromatic rings. The number of halogens is 2. The summed E-state index contributed by atoms with van der Waals surface area (Å²) in [5.41, 5.74) is 0.792. The summed E-state index contributed by atoms with van der Waals surface area (Å²) < 4.78 is 14.4. The number of rotatable bonds is 5. The standard InChI is InChI=1S/C13H19BrFN/c1-4-16-10(3)9(2)7-11-5-6-12(14)8-13(11)15/h5-6,8-10,16H,4,7H2,1-3H3. The molecule has 0 aliphatic heterocycles. The van der Waals surface area contributed by atoms with Crippen LogP contribution >= 0.6 is 15.9 Å². The summed E-state index contributed by atoms with van der Waals surface area (Å²) >= 11 is 3.26. The van der Waals surface area contributed by atoms with Crippen molar-refractivity contribution in [1.29, 1.82) is 0 Å². The number of hydrogen-bond acceptors (Lipinski definition) is 1. The van der Waals surface area contributed by atoms with Crippen LogP contribution in [0.25, 0.3) is 0 Å². The van der Waals surface area contributed by atoms with Crippen LogP contribution in [-0.2, 0) is 6.42 Å². The van der Waals surface area contributed by atoms with Crippen molar-refractivity contribution in [2.45, 2.75) is 33.2 Å². The van der Waals surface area contributed by atoms with Gasteiger partial charge < -0.3 is 5.32 Å². The minimum atomic E-state index is -0.120. The Bertz CT molecular complexity index is 341. The molecule has 0 aromatic heterocycles. The van der Waals surface area contributed by atoms with Crippen LogP contribution in [0, 0.1) is 11.7 Å². The normalized spacial score (nSPS) is 14.8. The first-order valence-electron chi connectivity index (χ1n) is 5.72. The van der Waals surface area contributed by atoms with Gasteiger partial charge in [0.15, 0.2) is 0 Å². The third kappa shape index (κ3) is 3.87.